The van der Waals surface area contributed by atoms with Crippen LogP contribution in [0.2, 0.25) is 0 Å². The van der Waals surface area contributed by atoms with E-state index in [1.807, 2.05) is 5.48 Å². The van der Waals surface area contributed by atoms with E-state index in [4.69, 9.17) is 4.84 Å². The van der Waals surface area contributed by atoms with Gasteiger partial charge in [-0.1, -0.05) is 42.5 Å². The molecule has 0 unspecified atom stereocenters. The van der Waals surface area contributed by atoms with Crippen molar-refractivity contribution in [3.8, 4) is 0 Å². The van der Waals surface area contributed by atoms with E-state index >= 15 is 0 Å². The van der Waals surface area contributed by atoms with Gasteiger partial charge in [-0.15, -0.1) is 0 Å². The number of nitrogens with zero attached hydrogens (tertiary/aromatic N) is 2. The maximum absolute atomic E-state index is 12.7. The number of benzene rings is 2. The molecule has 2 aromatic rings. The first-order valence-corrected chi connectivity index (χ1v) is 10.3. The van der Waals surface area contributed by atoms with E-state index < -0.39 is 46.0 Å². The first-order valence-electron chi connectivity index (χ1n) is 8.93. The van der Waals surface area contributed by atoms with E-state index in [0.29, 0.717) is 10.5 Å². The van der Waals surface area contributed by atoms with Crippen molar-refractivity contribution >= 4 is 33.9 Å². The molecule has 1 saturated heterocycles. The summed E-state index contributed by atoms with van der Waals surface area (Å²) < 4.78 is 34.6. The van der Waals surface area contributed by atoms with Crippen LogP contribution in [0.3, 0.4) is 0 Å². The first-order chi connectivity index (χ1) is 14.7. The summed E-state index contributed by atoms with van der Waals surface area (Å²) in [6.45, 7) is -0.0608. The molecule has 13 heteroatoms. The van der Waals surface area contributed by atoms with Gasteiger partial charge in [0.15, 0.2) is 16.2 Å². The third-order valence-electron chi connectivity index (χ3n) is 4.89. The molecule has 0 saturated carbocycles. The van der Waals surface area contributed by atoms with Crippen molar-refractivity contribution in [1.29, 1.82) is 0 Å². The molecule has 2 heterocycles. The van der Waals surface area contributed by atoms with Gasteiger partial charge >= 0.3 is 29.6 Å². The van der Waals surface area contributed by atoms with E-state index in [1.54, 1.807) is 30.3 Å². The van der Waals surface area contributed by atoms with Crippen molar-refractivity contribution in [2.75, 3.05) is 0 Å². The molecule has 0 bridgehead atoms. The molecule has 2 aromatic carbocycles. The maximum Gasteiger partial charge on any atom is 1.00 e. The van der Waals surface area contributed by atoms with E-state index in [0.717, 1.165) is 0 Å². The third-order valence-corrected chi connectivity index (χ3v) is 5.77. The fraction of sp³-hybridized carbons (Fsp3) is 0.158. The summed E-state index contributed by atoms with van der Waals surface area (Å²) in [6.07, 6.45) is -1.93. The van der Waals surface area contributed by atoms with Crippen molar-refractivity contribution in [2.45, 2.75) is 12.8 Å². The quantitative estimate of drug-likeness (QED) is 0.116. The molecule has 0 aromatic heterocycles. The Kier molecular flexibility index (Phi) is 6.83. The van der Waals surface area contributed by atoms with Gasteiger partial charge in [-0.25, -0.2) is 18.2 Å². The zero-order valence-electron chi connectivity index (χ0n) is 16.6. The number of hydrogen-bond acceptors (Lipinski definition) is 8. The second-order valence-electron chi connectivity index (χ2n) is 6.75. The van der Waals surface area contributed by atoms with Crippen LogP contribution in [0.15, 0.2) is 54.6 Å². The van der Waals surface area contributed by atoms with Gasteiger partial charge in [0.25, 0.3) is 23.6 Å². The van der Waals surface area contributed by atoms with Crippen LogP contribution in [0.4, 0.5) is 0 Å². The summed E-state index contributed by atoms with van der Waals surface area (Å²) in [4.78, 5) is 55.7. The Morgan fingerprint density at radius 1 is 0.969 bits per heavy atom. The van der Waals surface area contributed by atoms with Crippen LogP contribution >= 0.6 is 0 Å². The van der Waals surface area contributed by atoms with Gasteiger partial charge in [-0.3, -0.25) is 28.9 Å². The van der Waals surface area contributed by atoms with Crippen LogP contribution in [0, 0.1) is 5.92 Å². The van der Waals surface area contributed by atoms with Gasteiger partial charge in [0.05, 0.1) is 17.7 Å². The molecule has 1 N–H and O–H groups in total. The minimum absolute atomic E-state index is 0. The standard InChI is InChI=1S/C19H15N3O8S.Na/c23-15(20-30-10-11-6-2-1-3-7-11)14-16(22(19(14)26)31(27,28)29)21-17(24)12-8-4-5-9-13(12)18(21)25;/h1-9,14,16H,10H2,(H,20,23)(H,27,28,29);/q;+1/p-1/t14-,16+;/m1./s1. The average molecular weight is 467 g/mol. The summed E-state index contributed by atoms with van der Waals surface area (Å²) >= 11 is 0. The SMILES string of the molecule is O=C(NOCc1ccccc1)[C@H]1C(=O)N(S(=O)(=O)[O-])[C@@H]1N1C(=O)c2ccccc2C1=O.[Na+]. The molecular weight excluding hydrogens is 453 g/mol. The molecule has 0 radical (unpaired) electrons. The van der Waals surface area contributed by atoms with Crippen LogP contribution in [-0.2, 0) is 31.3 Å². The molecule has 32 heavy (non-hydrogen) atoms. The van der Waals surface area contributed by atoms with Gasteiger partial charge in [0.2, 0.25) is 0 Å². The van der Waals surface area contributed by atoms with Crippen molar-refractivity contribution in [3.63, 3.8) is 0 Å². The number of imide groups is 1. The van der Waals surface area contributed by atoms with E-state index in [1.165, 1.54) is 24.3 Å². The van der Waals surface area contributed by atoms with Crippen LogP contribution in [0.1, 0.15) is 26.3 Å². The number of fused-ring (bicyclic) bond motifs is 1. The molecular formula is C19H14N3NaO8S. The number of amides is 4. The molecule has 4 rings (SSSR count). The molecule has 11 nitrogen and oxygen atoms in total. The Morgan fingerprint density at radius 2 is 1.50 bits per heavy atom. The monoisotopic (exact) mass is 467 g/mol. The Labute approximate surface area is 204 Å². The molecule has 2 aliphatic rings. The Balaban J connectivity index is 0.00000289. The number of hydroxylamine groups is 1. The smallest absolute Gasteiger partial charge is 0.731 e. The number of β-lactam (4-membered cyclic amide) rings is 1. The topological polar surface area (TPSA) is 153 Å². The van der Waals surface area contributed by atoms with Crippen molar-refractivity contribution in [1.82, 2.24) is 14.7 Å². The van der Waals surface area contributed by atoms with Crippen LogP contribution in [0.25, 0.3) is 0 Å². The minimum Gasteiger partial charge on any atom is -0.731 e. The zero-order valence-corrected chi connectivity index (χ0v) is 19.4. The summed E-state index contributed by atoms with van der Waals surface area (Å²) in [5.74, 6) is -6.12. The predicted molar refractivity (Wildman–Crippen MR) is 100 cm³/mol. The fourth-order valence-corrected chi connectivity index (χ4v) is 4.28. The summed E-state index contributed by atoms with van der Waals surface area (Å²) in [5, 5.41) is 0. The summed E-state index contributed by atoms with van der Waals surface area (Å²) in [5.41, 5.74) is 2.64. The molecule has 0 spiro atoms. The minimum atomic E-state index is -5.40. The predicted octanol–water partition coefficient (Wildman–Crippen LogP) is -3.22. The van der Waals surface area contributed by atoms with Crippen LogP contribution < -0.4 is 35.0 Å². The number of rotatable bonds is 6. The Hall–Kier alpha value is -2.61. The maximum atomic E-state index is 12.7. The molecule has 160 valence electrons. The number of nitrogens with one attached hydrogen (secondary N) is 1. The van der Waals surface area contributed by atoms with Crippen LogP contribution in [-0.4, -0.2) is 52.0 Å². The summed E-state index contributed by atoms with van der Waals surface area (Å²) in [6, 6.07) is 14.3. The molecule has 2 aliphatic heterocycles. The van der Waals surface area contributed by atoms with E-state index in [-0.39, 0.29) is 51.6 Å². The molecule has 4 amide bonds. The average Bonchev–Trinajstić information content (AvgIpc) is 2.96. The molecule has 1 fully saturated rings. The Morgan fingerprint density at radius 3 is 2.03 bits per heavy atom. The van der Waals surface area contributed by atoms with Crippen molar-refractivity contribution in [2.24, 2.45) is 5.92 Å². The summed E-state index contributed by atoms with van der Waals surface area (Å²) in [7, 11) is -5.40. The van der Waals surface area contributed by atoms with Gasteiger partial charge in [-0.05, 0) is 17.7 Å². The zero-order chi connectivity index (χ0) is 22.3. The van der Waals surface area contributed by atoms with E-state index in [2.05, 4.69) is 0 Å². The number of hydrogen-bond donors (Lipinski definition) is 1. The first kappa shape index (κ1) is 24.0. The number of carbonyl (C=O) groups excluding carboxylic acids is 4. The molecule has 2 atom stereocenters. The second-order valence-corrected chi connectivity index (χ2v) is 8.00. The fourth-order valence-electron chi connectivity index (χ4n) is 3.47. The van der Waals surface area contributed by atoms with Gasteiger partial charge in [-0.2, -0.15) is 0 Å². The second kappa shape index (κ2) is 9.10. The van der Waals surface area contributed by atoms with E-state index in [9.17, 15) is 32.1 Å². The number of carbonyl (C=O) groups is 4. The van der Waals surface area contributed by atoms with Gasteiger partial charge in [0.1, 0.15) is 6.17 Å². The Bertz CT molecular complexity index is 1170. The molecule has 0 aliphatic carbocycles. The van der Waals surface area contributed by atoms with Crippen LogP contribution in [0.5, 0.6) is 0 Å². The van der Waals surface area contributed by atoms with Gasteiger partial charge in [0, 0.05) is 0 Å². The van der Waals surface area contributed by atoms with Crippen molar-refractivity contribution in [3.05, 3.63) is 71.3 Å². The van der Waals surface area contributed by atoms with Crippen molar-refractivity contribution < 1.29 is 66.5 Å². The normalized spacial score (nSPS) is 19.8. The van der Waals surface area contributed by atoms with Gasteiger partial charge < -0.3 is 4.55 Å². The largest absolute Gasteiger partial charge is 1.00 e. The third kappa shape index (κ3) is 4.08.